The van der Waals surface area contributed by atoms with E-state index in [0.717, 1.165) is 0 Å². The zero-order valence-corrected chi connectivity index (χ0v) is 11.3. The molecule has 1 heterocycles. The fraction of sp³-hybridized carbons (Fsp3) is 0.200. The lowest BCUT2D eigenvalue weighted by Crippen LogP contribution is -2.25. The number of aromatic nitrogens is 1. The minimum Gasteiger partial charge on any atom is -0.385 e. The maximum atomic E-state index is 13.0. The van der Waals surface area contributed by atoms with Crippen LogP contribution in [0, 0.1) is 18.2 Å². The lowest BCUT2D eigenvalue weighted by Gasteiger charge is -2.05. The second kappa shape index (κ2) is 6.20. The molecule has 2 aromatic rings. The zero-order valence-electron chi connectivity index (χ0n) is 11.3. The summed E-state index contributed by atoms with van der Waals surface area (Å²) in [6, 6.07) is 5.43. The lowest BCUT2D eigenvalue weighted by atomic mass is 10.0. The molecule has 0 aliphatic carbocycles. The van der Waals surface area contributed by atoms with Gasteiger partial charge in [-0.15, -0.1) is 6.42 Å². The highest BCUT2D eigenvalue weighted by atomic mass is 19.1. The van der Waals surface area contributed by atoms with Crippen LogP contribution in [0.15, 0.2) is 28.8 Å². The van der Waals surface area contributed by atoms with Crippen LogP contribution in [0.5, 0.6) is 0 Å². The van der Waals surface area contributed by atoms with Crippen molar-refractivity contribution < 1.29 is 18.8 Å². The van der Waals surface area contributed by atoms with Crippen molar-refractivity contribution in [2.75, 3.05) is 6.54 Å². The van der Waals surface area contributed by atoms with E-state index in [9.17, 15) is 14.3 Å². The van der Waals surface area contributed by atoms with Gasteiger partial charge in [0.25, 0.3) is 5.91 Å². The molecule has 6 heteroatoms. The van der Waals surface area contributed by atoms with Gasteiger partial charge >= 0.3 is 0 Å². The molecule has 2 N–H and O–H groups in total. The van der Waals surface area contributed by atoms with Crippen LogP contribution in [0.25, 0.3) is 11.3 Å². The summed E-state index contributed by atoms with van der Waals surface area (Å²) in [5.41, 5.74) is 0.810. The number of benzene rings is 1. The number of aliphatic hydroxyl groups excluding tert-OH is 1. The number of halogens is 1. The molecular formula is C15H13FN2O3. The minimum absolute atomic E-state index is 0.0313. The number of aliphatic hydroxyl groups is 1. The summed E-state index contributed by atoms with van der Waals surface area (Å²) in [4.78, 5) is 12.2. The van der Waals surface area contributed by atoms with E-state index >= 15 is 0 Å². The van der Waals surface area contributed by atoms with E-state index in [0.29, 0.717) is 5.56 Å². The Morgan fingerprint density at radius 1 is 1.52 bits per heavy atom. The fourth-order valence-corrected chi connectivity index (χ4v) is 1.83. The van der Waals surface area contributed by atoms with Gasteiger partial charge in [-0.1, -0.05) is 11.1 Å². The summed E-state index contributed by atoms with van der Waals surface area (Å²) < 4.78 is 18.0. The summed E-state index contributed by atoms with van der Waals surface area (Å²) in [5, 5.41) is 16.0. The highest BCUT2D eigenvalue weighted by Crippen LogP contribution is 2.29. The van der Waals surface area contributed by atoms with Gasteiger partial charge in [0.2, 0.25) is 0 Å². The molecule has 0 aliphatic heterocycles. The van der Waals surface area contributed by atoms with Crippen molar-refractivity contribution in [3.63, 3.8) is 0 Å². The monoisotopic (exact) mass is 288 g/mol. The van der Waals surface area contributed by atoms with Crippen molar-refractivity contribution in [1.82, 2.24) is 10.5 Å². The van der Waals surface area contributed by atoms with Gasteiger partial charge in [-0.3, -0.25) is 4.79 Å². The van der Waals surface area contributed by atoms with Crippen LogP contribution in [-0.4, -0.2) is 22.7 Å². The summed E-state index contributed by atoms with van der Waals surface area (Å²) >= 11 is 0. The van der Waals surface area contributed by atoms with Crippen molar-refractivity contribution in [3.8, 4) is 23.6 Å². The Labute approximate surface area is 120 Å². The number of amides is 1. The Morgan fingerprint density at radius 2 is 2.19 bits per heavy atom. The van der Waals surface area contributed by atoms with E-state index in [4.69, 9.17) is 10.9 Å². The van der Waals surface area contributed by atoms with E-state index < -0.39 is 17.8 Å². The van der Waals surface area contributed by atoms with Crippen LogP contribution >= 0.6 is 0 Å². The van der Waals surface area contributed by atoms with Crippen molar-refractivity contribution in [2.45, 2.75) is 13.0 Å². The third kappa shape index (κ3) is 3.09. The third-order valence-corrected chi connectivity index (χ3v) is 2.79. The molecule has 0 saturated carbocycles. The molecule has 0 spiro atoms. The molecule has 0 aliphatic rings. The first-order chi connectivity index (χ1) is 10.0. The zero-order chi connectivity index (χ0) is 15.4. The summed E-state index contributed by atoms with van der Waals surface area (Å²) in [7, 11) is 0. The maximum Gasteiger partial charge on any atom is 0.258 e. The van der Waals surface area contributed by atoms with Crippen LogP contribution in [-0.2, 0) is 0 Å². The van der Waals surface area contributed by atoms with E-state index in [-0.39, 0.29) is 23.6 Å². The lowest BCUT2D eigenvalue weighted by molar-refractivity contribution is 0.0946. The van der Waals surface area contributed by atoms with Crippen LogP contribution in [0.4, 0.5) is 4.39 Å². The fourth-order valence-electron chi connectivity index (χ4n) is 1.83. The SMILES string of the molecule is C#CCNC(=O)c1c(-c2ccc(F)cc2)noc1C(C)O. The standard InChI is InChI=1S/C15H13FN2O3/c1-3-8-17-15(20)12-13(18-21-14(12)9(2)19)10-4-6-11(16)7-5-10/h1,4-7,9,19H,8H2,2H3,(H,17,20). The predicted octanol–water partition coefficient (Wildman–Crippen LogP) is 1.90. The number of terminal acetylenes is 1. The molecule has 0 bridgehead atoms. The molecule has 0 fully saturated rings. The molecule has 1 aromatic carbocycles. The van der Waals surface area contributed by atoms with Crippen LogP contribution < -0.4 is 5.32 Å². The van der Waals surface area contributed by atoms with Crippen molar-refractivity contribution in [3.05, 3.63) is 41.4 Å². The van der Waals surface area contributed by atoms with Gasteiger partial charge in [0.05, 0.1) is 6.54 Å². The van der Waals surface area contributed by atoms with E-state index in [2.05, 4.69) is 16.4 Å². The van der Waals surface area contributed by atoms with Gasteiger partial charge in [-0.2, -0.15) is 0 Å². The van der Waals surface area contributed by atoms with Crippen LogP contribution in [0.3, 0.4) is 0 Å². The van der Waals surface area contributed by atoms with E-state index in [1.807, 2.05) is 0 Å². The molecule has 0 radical (unpaired) electrons. The van der Waals surface area contributed by atoms with Gasteiger partial charge in [-0.25, -0.2) is 4.39 Å². The molecule has 5 nitrogen and oxygen atoms in total. The Balaban J connectivity index is 2.49. The molecule has 1 unspecified atom stereocenters. The molecule has 1 aromatic heterocycles. The van der Waals surface area contributed by atoms with Gasteiger partial charge in [-0.05, 0) is 31.2 Å². The number of hydrogen-bond acceptors (Lipinski definition) is 4. The highest BCUT2D eigenvalue weighted by Gasteiger charge is 2.26. The second-order valence-corrected chi connectivity index (χ2v) is 4.34. The van der Waals surface area contributed by atoms with Crippen molar-refractivity contribution in [2.24, 2.45) is 0 Å². The number of nitrogens with one attached hydrogen (secondary N) is 1. The third-order valence-electron chi connectivity index (χ3n) is 2.79. The highest BCUT2D eigenvalue weighted by molar-refractivity contribution is 6.01. The van der Waals surface area contributed by atoms with Crippen LogP contribution in [0.1, 0.15) is 29.1 Å². The first kappa shape index (κ1) is 14.8. The molecule has 0 saturated heterocycles. The Morgan fingerprint density at radius 3 is 2.76 bits per heavy atom. The summed E-state index contributed by atoms with van der Waals surface area (Å²) in [5.74, 6) is 1.40. The Bertz CT molecular complexity index is 684. The first-order valence-corrected chi connectivity index (χ1v) is 6.19. The number of nitrogens with zero attached hydrogens (tertiary/aromatic N) is 1. The summed E-state index contributed by atoms with van der Waals surface area (Å²) in [6.45, 7) is 1.49. The van der Waals surface area contributed by atoms with Gasteiger partial charge < -0.3 is 14.9 Å². The molecule has 2 rings (SSSR count). The van der Waals surface area contributed by atoms with Crippen molar-refractivity contribution >= 4 is 5.91 Å². The predicted molar refractivity (Wildman–Crippen MR) is 73.7 cm³/mol. The average Bonchev–Trinajstić information content (AvgIpc) is 2.90. The van der Waals surface area contributed by atoms with Gasteiger partial charge in [0.15, 0.2) is 5.76 Å². The topological polar surface area (TPSA) is 75.4 Å². The molecule has 108 valence electrons. The van der Waals surface area contributed by atoms with Crippen LogP contribution in [0.2, 0.25) is 0 Å². The molecule has 1 atom stereocenters. The van der Waals surface area contributed by atoms with E-state index in [1.165, 1.54) is 31.2 Å². The molecular weight excluding hydrogens is 275 g/mol. The van der Waals surface area contributed by atoms with Gasteiger partial charge in [0.1, 0.15) is 23.2 Å². The number of carbonyl (C=O) groups is 1. The van der Waals surface area contributed by atoms with Gasteiger partial charge in [0, 0.05) is 5.56 Å². The molecule has 21 heavy (non-hydrogen) atoms. The normalized spacial score (nSPS) is 11.7. The average molecular weight is 288 g/mol. The van der Waals surface area contributed by atoms with Crippen molar-refractivity contribution in [1.29, 1.82) is 0 Å². The quantitative estimate of drug-likeness (QED) is 0.843. The minimum atomic E-state index is -1.02. The molecule has 1 amide bonds. The smallest absolute Gasteiger partial charge is 0.258 e. The number of hydrogen-bond donors (Lipinski definition) is 2. The Hall–Kier alpha value is -2.65. The Kier molecular flexibility index (Phi) is 4.36. The first-order valence-electron chi connectivity index (χ1n) is 6.19. The maximum absolute atomic E-state index is 13.0. The number of rotatable bonds is 4. The largest absolute Gasteiger partial charge is 0.385 e. The van der Waals surface area contributed by atoms with E-state index in [1.54, 1.807) is 0 Å². The summed E-state index contributed by atoms with van der Waals surface area (Å²) in [6.07, 6.45) is 4.08. The second-order valence-electron chi connectivity index (χ2n) is 4.34. The number of carbonyl (C=O) groups excluding carboxylic acids is 1.